The topological polar surface area (TPSA) is 69.0 Å². The molecule has 6 nitrogen and oxygen atoms in total. The van der Waals surface area contributed by atoms with Gasteiger partial charge in [-0.2, -0.15) is 0 Å². The third kappa shape index (κ3) is 5.28. The second-order valence-electron chi connectivity index (χ2n) is 7.68. The van der Waals surface area contributed by atoms with Crippen LogP contribution >= 0.6 is 11.8 Å². The van der Waals surface area contributed by atoms with Crippen LogP contribution in [0.1, 0.15) is 52.0 Å². The van der Waals surface area contributed by atoms with Crippen LogP contribution in [-0.4, -0.2) is 40.1 Å². The summed E-state index contributed by atoms with van der Waals surface area (Å²) in [6.45, 7) is 4.88. The highest BCUT2D eigenvalue weighted by Gasteiger charge is 2.24. The number of aromatic nitrogens is 3. The van der Waals surface area contributed by atoms with Crippen molar-refractivity contribution in [2.24, 2.45) is 5.92 Å². The molecule has 1 N–H and O–H groups in total. The maximum Gasteiger partial charge on any atom is 0.230 e. The number of carbonyl (C=O) groups is 1. The summed E-state index contributed by atoms with van der Waals surface area (Å²) in [7, 11) is 1.67. The Labute approximate surface area is 171 Å². The third-order valence-corrected chi connectivity index (χ3v) is 5.94. The summed E-state index contributed by atoms with van der Waals surface area (Å²) in [6.07, 6.45) is 6.01. The summed E-state index contributed by atoms with van der Waals surface area (Å²) in [5.41, 5.74) is 1.02. The van der Waals surface area contributed by atoms with Crippen LogP contribution in [0.3, 0.4) is 0 Å². The summed E-state index contributed by atoms with van der Waals surface area (Å²) in [6, 6.07) is 8.32. The van der Waals surface area contributed by atoms with Crippen LogP contribution in [0.15, 0.2) is 29.4 Å². The van der Waals surface area contributed by atoms with E-state index < -0.39 is 0 Å². The van der Waals surface area contributed by atoms with E-state index in [1.54, 1.807) is 7.11 Å². The van der Waals surface area contributed by atoms with E-state index >= 15 is 0 Å². The van der Waals surface area contributed by atoms with Gasteiger partial charge in [0.15, 0.2) is 11.0 Å². The highest BCUT2D eigenvalue weighted by molar-refractivity contribution is 7.99. The van der Waals surface area contributed by atoms with Gasteiger partial charge in [0, 0.05) is 18.2 Å². The molecule has 3 rings (SSSR count). The van der Waals surface area contributed by atoms with Crippen molar-refractivity contribution in [2.75, 3.05) is 19.4 Å². The molecule has 0 radical (unpaired) electrons. The number of carbonyl (C=O) groups excluding carboxylic acids is 1. The Morgan fingerprint density at radius 3 is 2.57 bits per heavy atom. The van der Waals surface area contributed by atoms with Crippen LogP contribution < -0.4 is 10.1 Å². The maximum absolute atomic E-state index is 12.2. The normalized spacial score (nSPS) is 15.0. The number of hydrogen-bond donors (Lipinski definition) is 1. The molecule has 1 heterocycles. The first-order valence-electron chi connectivity index (χ1n) is 10.1. The standard InChI is InChI=1S/C21H30N4O2S/c1-15(2)13-22-19(26)14-28-21-24-23-20(16-9-11-18(27-3)12-10-16)25(21)17-7-5-4-6-8-17/h9-12,15,17H,4-8,13-14H2,1-3H3,(H,22,26). The van der Waals surface area contributed by atoms with Crippen LogP contribution in [0.4, 0.5) is 0 Å². The molecule has 0 unspecified atom stereocenters. The smallest absolute Gasteiger partial charge is 0.230 e. The molecule has 1 aromatic carbocycles. The SMILES string of the molecule is COc1ccc(-c2nnc(SCC(=O)NCC(C)C)n2C2CCCCC2)cc1. The van der Waals surface area contributed by atoms with Crippen LogP contribution in [0, 0.1) is 5.92 Å². The van der Waals surface area contributed by atoms with Crippen molar-refractivity contribution in [2.45, 2.75) is 57.1 Å². The fourth-order valence-corrected chi connectivity index (χ4v) is 4.32. The molecule has 1 saturated carbocycles. The number of ether oxygens (including phenoxy) is 1. The molecule has 0 bridgehead atoms. The molecule has 0 spiro atoms. The lowest BCUT2D eigenvalue weighted by atomic mass is 9.95. The molecule has 0 atom stereocenters. The predicted molar refractivity (Wildman–Crippen MR) is 113 cm³/mol. The molecule has 0 saturated heterocycles. The van der Waals surface area contributed by atoms with Crippen molar-refractivity contribution in [1.29, 1.82) is 0 Å². The summed E-state index contributed by atoms with van der Waals surface area (Å²) < 4.78 is 7.52. The highest BCUT2D eigenvalue weighted by Crippen LogP contribution is 2.35. The zero-order valence-corrected chi connectivity index (χ0v) is 17.8. The summed E-state index contributed by atoms with van der Waals surface area (Å²) in [5, 5.41) is 12.7. The van der Waals surface area contributed by atoms with Gasteiger partial charge in [0.1, 0.15) is 5.75 Å². The van der Waals surface area contributed by atoms with Crippen LogP contribution in [-0.2, 0) is 4.79 Å². The first kappa shape index (κ1) is 20.7. The number of thioether (sulfide) groups is 1. The maximum atomic E-state index is 12.2. The second kappa shape index (κ2) is 9.96. The number of amides is 1. The molecule has 1 amide bonds. The lowest BCUT2D eigenvalue weighted by molar-refractivity contribution is -0.118. The van der Waals surface area contributed by atoms with E-state index in [9.17, 15) is 4.79 Å². The molecule has 0 aliphatic heterocycles. The minimum atomic E-state index is 0.0443. The summed E-state index contributed by atoms with van der Waals surface area (Å²) in [4.78, 5) is 12.2. The fourth-order valence-electron chi connectivity index (χ4n) is 3.48. The Hall–Kier alpha value is -2.02. The number of rotatable bonds is 8. The Morgan fingerprint density at radius 2 is 1.93 bits per heavy atom. The average Bonchev–Trinajstić information content (AvgIpc) is 3.15. The van der Waals surface area contributed by atoms with E-state index in [4.69, 9.17) is 4.74 Å². The minimum Gasteiger partial charge on any atom is -0.497 e. The molecule has 2 aromatic rings. The van der Waals surface area contributed by atoms with Gasteiger partial charge >= 0.3 is 0 Å². The zero-order chi connectivity index (χ0) is 19.9. The first-order chi connectivity index (χ1) is 13.6. The number of nitrogens with zero attached hydrogens (tertiary/aromatic N) is 3. The van der Waals surface area contributed by atoms with E-state index in [0.29, 0.717) is 24.3 Å². The van der Waals surface area contributed by atoms with Crippen LogP contribution in [0.25, 0.3) is 11.4 Å². The molecule has 1 fully saturated rings. The number of hydrogen-bond acceptors (Lipinski definition) is 5. The molecule has 28 heavy (non-hydrogen) atoms. The van der Waals surface area contributed by atoms with E-state index in [2.05, 4.69) is 33.9 Å². The van der Waals surface area contributed by atoms with Crippen LogP contribution in [0.5, 0.6) is 5.75 Å². The zero-order valence-electron chi connectivity index (χ0n) is 17.0. The van der Waals surface area contributed by atoms with Gasteiger partial charge in [0.05, 0.1) is 12.9 Å². The molecular formula is C21H30N4O2S. The Kier molecular flexibility index (Phi) is 7.36. The van der Waals surface area contributed by atoms with Gasteiger partial charge in [-0.05, 0) is 43.0 Å². The van der Waals surface area contributed by atoms with Crippen molar-refractivity contribution in [3.63, 3.8) is 0 Å². The van der Waals surface area contributed by atoms with E-state index in [0.717, 1.165) is 35.1 Å². The number of nitrogens with one attached hydrogen (secondary N) is 1. The summed E-state index contributed by atoms with van der Waals surface area (Å²) >= 11 is 1.48. The molecule has 7 heteroatoms. The Morgan fingerprint density at radius 1 is 1.21 bits per heavy atom. The minimum absolute atomic E-state index is 0.0443. The van der Waals surface area contributed by atoms with Gasteiger partial charge in [-0.25, -0.2) is 0 Å². The number of benzene rings is 1. The Balaban J connectivity index is 1.81. The van der Waals surface area contributed by atoms with Crippen molar-refractivity contribution >= 4 is 17.7 Å². The molecular weight excluding hydrogens is 372 g/mol. The van der Waals surface area contributed by atoms with Gasteiger partial charge in [-0.3, -0.25) is 9.36 Å². The lowest BCUT2D eigenvalue weighted by Crippen LogP contribution is -2.29. The quantitative estimate of drug-likeness (QED) is 0.666. The first-order valence-corrected chi connectivity index (χ1v) is 11.1. The van der Waals surface area contributed by atoms with Crippen molar-refractivity contribution < 1.29 is 9.53 Å². The van der Waals surface area contributed by atoms with E-state index in [1.807, 2.05) is 24.3 Å². The molecule has 1 aliphatic carbocycles. The van der Waals surface area contributed by atoms with E-state index in [1.165, 1.54) is 31.0 Å². The number of methoxy groups -OCH3 is 1. The van der Waals surface area contributed by atoms with E-state index in [-0.39, 0.29) is 5.91 Å². The van der Waals surface area contributed by atoms with Gasteiger partial charge in [0.2, 0.25) is 5.91 Å². The molecule has 1 aliphatic rings. The molecule has 152 valence electrons. The molecule has 1 aromatic heterocycles. The Bertz CT molecular complexity index is 767. The average molecular weight is 403 g/mol. The largest absolute Gasteiger partial charge is 0.497 e. The van der Waals surface area contributed by atoms with Crippen LogP contribution in [0.2, 0.25) is 0 Å². The van der Waals surface area contributed by atoms with Crippen molar-refractivity contribution in [1.82, 2.24) is 20.1 Å². The van der Waals surface area contributed by atoms with Gasteiger partial charge in [-0.1, -0.05) is 44.9 Å². The lowest BCUT2D eigenvalue weighted by Gasteiger charge is -2.25. The highest BCUT2D eigenvalue weighted by atomic mass is 32.2. The monoisotopic (exact) mass is 402 g/mol. The van der Waals surface area contributed by atoms with Gasteiger partial charge in [-0.15, -0.1) is 10.2 Å². The van der Waals surface area contributed by atoms with Crippen molar-refractivity contribution in [3.05, 3.63) is 24.3 Å². The predicted octanol–water partition coefficient (Wildman–Crippen LogP) is 4.32. The summed E-state index contributed by atoms with van der Waals surface area (Å²) in [5.74, 6) is 2.55. The third-order valence-electron chi connectivity index (χ3n) is 4.99. The van der Waals surface area contributed by atoms with Gasteiger partial charge in [0.25, 0.3) is 0 Å². The van der Waals surface area contributed by atoms with Crippen molar-refractivity contribution in [3.8, 4) is 17.1 Å². The van der Waals surface area contributed by atoms with Gasteiger partial charge < -0.3 is 10.1 Å². The fraction of sp³-hybridized carbons (Fsp3) is 0.571. The second-order valence-corrected chi connectivity index (χ2v) is 8.63.